The molecule has 3 heterocycles. The highest BCUT2D eigenvalue weighted by atomic mass is 16.6. The Bertz CT molecular complexity index is 855. The molecule has 1 spiro atoms. The van der Waals surface area contributed by atoms with Gasteiger partial charge < -0.3 is 24.4 Å². The largest absolute Gasteiger partial charge is 0.465 e. The van der Waals surface area contributed by atoms with Gasteiger partial charge in [0, 0.05) is 12.6 Å². The van der Waals surface area contributed by atoms with Crippen LogP contribution in [0.3, 0.4) is 0 Å². The van der Waals surface area contributed by atoms with Gasteiger partial charge in [0.15, 0.2) is 0 Å². The van der Waals surface area contributed by atoms with Crippen molar-refractivity contribution in [1.82, 2.24) is 9.80 Å². The Kier molecular flexibility index (Phi) is 8.16. The summed E-state index contributed by atoms with van der Waals surface area (Å²) < 4.78 is 12.3. The topological polar surface area (TPSA) is 96.4 Å². The highest BCUT2D eigenvalue weighted by Crippen LogP contribution is 2.65. The van der Waals surface area contributed by atoms with Crippen molar-refractivity contribution >= 4 is 17.8 Å². The Morgan fingerprint density at radius 3 is 2.57 bits per heavy atom. The summed E-state index contributed by atoms with van der Waals surface area (Å²) in [6, 6.07) is -1.61. The fraction of sp³-hybridized carbons (Fsp3) is 0.741. The van der Waals surface area contributed by atoms with E-state index in [2.05, 4.69) is 13.2 Å². The lowest BCUT2D eigenvalue weighted by atomic mass is 9.62. The lowest BCUT2D eigenvalue weighted by Gasteiger charge is -2.40. The third-order valence-corrected chi connectivity index (χ3v) is 8.34. The molecule has 7 atom stereocenters. The maximum atomic E-state index is 14.1. The fourth-order valence-corrected chi connectivity index (χ4v) is 6.46. The molecule has 0 aromatic rings. The zero-order chi connectivity index (χ0) is 26.1. The molecule has 3 unspecified atom stereocenters. The van der Waals surface area contributed by atoms with Crippen molar-refractivity contribution in [1.29, 1.82) is 0 Å². The number of allylic oxidation sites excluding steroid dienone is 1. The molecule has 3 saturated heterocycles. The van der Waals surface area contributed by atoms with E-state index in [1.165, 1.54) is 4.90 Å². The first kappa shape index (κ1) is 27.4. The van der Waals surface area contributed by atoms with E-state index < -0.39 is 41.1 Å². The zero-order valence-corrected chi connectivity index (χ0v) is 21.9. The Balaban J connectivity index is 2.09. The second-order valence-electron chi connectivity index (χ2n) is 10.7. The molecule has 3 aliphatic rings. The number of amides is 2. The van der Waals surface area contributed by atoms with Crippen LogP contribution in [0.25, 0.3) is 0 Å². The molecule has 8 heteroatoms. The summed E-state index contributed by atoms with van der Waals surface area (Å²) in [4.78, 5) is 44.8. The van der Waals surface area contributed by atoms with Gasteiger partial charge >= 0.3 is 5.97 Å². The zero-order valence-electron chi connectivity index (χ0n) is 21.9. The van der Waals surface area contributed by atoms with Gasteiger partial charge in [-0.2, -0.15) is 0 Å². The number of ether oxygens (including phenoxy) is 2. The van der Waals surface area contributed by atoms with E-state index >= 15 is 0 Å². The number of hydrogen-bond donors (Lipinski definition) is 1. The third kappa shape index (κ3) is 4.22. The van der Waals surface area contributed by atoms with Crippen molar-refractivity contribution in [3.63, 3.8) is 0 Å². The van der Waals surface area contributed by atoms with E-state index in [0.29, 0.717) is 25.8 Å². The van der Waals surface area contributed by atoms with Crippen LogP contribution >= 0.6 is 0 Å². The molecule has 1 N–H and O–H groups in total. The van der Waals surface area contributed by atoms with Gasteiger partial charge in [0.2, 0.25) is 11.8 Å². The van der Waals surface area contributed by atoms with Gasteiger partial charge in [-0.05, 0) is 52.4 Å². The van der Waals surface area contributed by atoms with Crippen LogP contribution < -0.4 is 0 Å². The molecule has 3 aliphatic heterocycles. The van der Waals surface area contributed by atoms with E-state index in [1.807, 2.05) is 34.6 Å². The van der Waals surface area contributed by atoms with Crippen molar-refractivity contribution in [2.75, 3.05) is 19.8 Å². The van der Waals surface area contributed by atoms with E-state index in [4.69, 9.17) is 9.47 Å². The van der Waals surface area contributed by atoms with E-state index in [-0.39, 0.29) is 37.0 Å². The summed E-state index contributed by atoms with van der Waals surface area (Å²) in [6.07, 6.45) is 5.76. The average Bonchev–Trinajstić information content (AvgIpc) is 3.32. The molecule has 0 radical (unpaired) electrons. The average molecular weight is 491 g/mol. The van der Waals surface area contributed by atoms with Gasteiger partial charge in [0.05, 0.1) is 30.8 Å². The van der Waals surface area contributed by atoms with Crippen LogP contribution in [0.4, 0.5) is 0 Å². The van der Waals surface area contributed by atoms with Crippen molar-refractivity contribution in [2.24, 2.45) is 17.8 Å². The molecular formula is C27H42N2O6. The summed E-state index contributed by atoms with van der Waals surface area (Å²) in [7, 11) is 0. The summed E-state index contributed by atoms with van der Waals surface area (Å²) >= 11 is 0. The number of carbonyl (C=O) groups excluding carboxylic acids is 3. The number of carbonyl (C=O) groups is 3. The number of nitrogens with zero attached hydrogens (tertiary/aromatic N) is 2. The van der Waals surface area contributed by atoms with Gasteiger partial charge in [0.1, 0.15) is 17.6 Å². The Morgan fingerprint density at radius 1 is 1.34 bits per heavy atom. The number of hydrogen-bond acceptors (Lipinski definition) is 6. The number of aliphatic hydroxyl groups is 1. The summed E-state index contributed by atoms with van der Waals surface area (Å²) in [5, 5.41) is 10.2. The maximum absolute atomic E-state index is 14.1. The lowest BCUT2D eigenvalue weighted by molar-refractivity contribution is -0.164. The number of rotatable bonds is 12. The second kappa shape index (κ2) is 10.4. The maximum Gasteiger partial charge on any atom is 0.312 e. The first-order valence-corrected chi connectivity index (χ1v) is 12.9. The number of fused-ring (bicyclic) bond motifs is 1. The number of unbranched alkanes of at least 4 members (excludes halogenated alkanes) is 1. The van der Waals surface area contributed by atoms with E-state index in [9.17, 15) is 19.5 Å². The molecule has 2 amide bonds. The molecule has 2 bridgehead atoms. The summed E-state index contributed by atoms with van der Waals surface area (Å²) in [5.74, 6) is -2.71. The van der Waals surface area contributed by atoms with Crippen LogP contribution in [0.15, 0.2) is 25.3 Å². The molecule has 0 aromatic heterocycles. The normalized spacial score (nSPS) is 34.1. The quantitative estimate of drug-likeness (QED) is 0.257. The third-order valence-electron chi connectivity index (χ3n) is 8.34. The minimum absolute atomic E-state index is 0.0615. The monoisotopic (exact) mass is 490 g/mol. The van der Waals surface area contributed by atoms with Gasteiger partial charge in [-0.3, -0.25) is 14.4 Å². The van der Waals surface area contributed by atoms with Crippen molar-refractivity contribution < 1.29 is 29.0 Å². The van der Waals surface area contributed by atoms with Crippen molar-refractivity contribution in [3.8, 4) is 0 Å². The predicted octanol–water partition coefficient (Wildman–Crippen LogP) is 2.70. The predicted molar refractivity (Wildman–Crippen MR) is 132 cm³/mol. The lowest BCUT2D eigenvalue weighted by Crippen LogP contribution is -2.59. The van der Waals surface area contributed by atoms with Crippen LogP contribution in [0.1, 0.15) is 60.3 Å². The van der Waals surface area contributed by atoms with Crippen LogP contribution in [0.5, 0.6) is 0 Å². The summed E-state index contributed by atoms with van der Waals surface area (Å²) in [5.41, 5.74) is -2.06. The molecule has 35 heavy (non-hydrogen) atoms. The SMILES string of the molecule is C=CCCCOC(=O)[C@@H]1[C@H]2C(=O)N([C@@H](CC)CO)C(C(=O)N(CC=C)C(C)C)C23CC(C)[C@@]1(C)O3. The highest BCUT2D eigenvalue weighted by Gasteiger charge is 2.80. The van der Waals surface area contributed by atoms with Crippen LogP contribution in [0.2, 0.25) is 0 Å². The molecular weight excluding hydrogens is 448 g/mol. The summed E-state index contributed by atoms with van der Waals surface area (Å²) in [6.45, 7) is 17.4. The van der Waals surface area contributed by atoms with Gasteiger partial charge in [-0.15, -0.1) is 13.2 Å². The highest BCUT2D eigenvalue weighted by molar-refractivity contribution is 5.99. The van der Waals surface area contributed by atoms with Crippen LogP contribution in [-0.2, 0) is 23.9 Å². The van der Waals surface area contributed by atoms with Crippen LogP contribution in [-0.4, -0.2) is 81.8 Å². The molecule has 3 fully saturated rings. The number of aliphatic hydroxyl groups excluding tert-OH is 1. The Labute approximate surface area is 209 Å². The number of esters is 1. The fourth-order valence-electron chi connectivity index (χ4n) is 6.46. The van der Waals surface area contributed by atoms with Crippen molar-refractivity contribution in [2.45, 2.75) is 89.6 Å². The minimum Gasteiger partial charge on any atom is -0.465 e. The standard InChI is InChI=1S/C27H42N2O6/c1-8-11-12-14-34-25(33)21-20-23(31)29(19(10-3)16-30)22(24(32)28(13-9-2)17(4)5)27(20)15-18(6)26(21,7)35-27/h8-9,17-22,30H,1-2,10-16H2,3-7H3/t18?,19-,20-,21-,22?,26+,27?/m0/s1. The van der Waals surface area contributed by atoms with Crippen LogP contribution in [0, 0.1) is 17.8 Å². The Hall–Kier alpha value is -2.19. The van der Waals surface area contributed by atoms with Crippen molar-refractivity contribution in [3.05, 3.63) is 25.3 Å². The molecule has 0 aliphatic carbocycles. The molecule has 8 nitrogen and oxygen atoms in total. The van der Waals surface area contributed by atoms with E-state index in [1.54, 1.807) is 17.1 Å². The minimum atomic E-state index is -1.15. The molecule has 196 valence electrons. The second-order valence-corrected chi connectivity index (χ2v) is 10.7. The first-order chi connectivity index (χ1) is 16.5. The molecule has 3 rings (SSSR count). The molecule has 0 saturated carbocycles. The smallest absolute Gasteiger partial charge is 0.312 e. The van der Waals surface area contributed by atoms with Gasteiger partial charge in [-0.25, -0.2) is 0 Å². The number of likely N-dealkylation sites (tertiary alicyclic amines) is 1. The molecule has 0 aromatic carbocycles. The first-order valence-electron chi connectivity index (χ1n) is 12.9. The van der Waals surface area contributed by atoms with Gasteiger partial charge in [0.25, 0.3) is 0 Å². The van der Waals surface area contributed by atoms with Gasteiger partial charge in [-0.1, -0.05) is 26.0 Å². The Morgan fingerprint density at radius 2 is 2.03 bits per heavy atom. The van der Waals surface area contributed by atoms with E-state index in [0.717, 1.165) is 6.42 Å².